The van der Waals surface area contributed by atoms with E-state index in [9.17, 15) is 13.2 Å². The molecule has 2 amide bonds. The van der Waals surface area contributed by atoms with E-state index in [-0.39, 0.29) is 4.90 Å². The third-order valence-electron chi connectivity index (χ3n) is 4.51. The van der Waals surface area contributed by atoms with Crippen molar-refractivity contribution < 1.29 is 13.2 Å². The van der Waals surface area contributed by atoms with E-state index in [4.69, 9.17) is 0 Å². The molecule has 3 N–H and O–H groups in total. The minimum atomic E-state index is -3.75. The van der Waals surface area contributed by atoms with Gasteiger partial charge in [0.05, 0.1) is 10.6 Å². The Morgan fingerprint density at radius 2 is 1.67 bits per heavy atom. The summed E-state index contributed by atoms with van der Waals surface area (Å²) in [5.74, 6) is 0. The SMILES string of the molecule is Cc1cc(C)c(NS(=O)(=O)c2ccc(NC(=O)NCc3cccnc3)cc2)c(C)c1. The molecule has 0 saturated heterocycles. The Bertz CT molecular complexity index is 1120. The average molecular weight is 425 g/mol. The van der Waals surface area contributed by atoms with Crippen LogP contribution in [0.2, 0.25) is 0 Å². The van der Waals surface area contributed by atoms with Crippen molar-refractivity contribution in [3.8, 4) is 0 Å². The van der Waals surface area contributed by atoms with Crippen LogP contribution >= 0.6 is 0 Å². The lowest BCUT2D eigenvalue weighted by Gasteiger charge is -2.14. The highest BCUT2D eigenvalue weighted by Gasteiger charge is 2.17. The molecule has 0 aliphatic carbocycles. The number of hydrogen-bond donors (Lipinski definition) is 3. The fraction of sp³-hybridized carbons (Fsp3) is 0.182. The van der Waals surface area contributed by atoms with Crippen LogP contribution in [0.1, 0.15) is 22.3 Å². The van der Waals surface area contributed by atoms with Crippen LogP contribution in [-0.2, 0) is 16.6 Å². The number of rotatable bonds is 6. The van der Waals surface area contributed by atoms with Gasteiger partial charge in [0.1, 0.15) is 0 Å². The number of aryl methyl sites for hydroxylation is 3. The van der Waals surface area contributed by atoms with Crippen LogP contribution in [-0.4, -0.2) is 19.4 Å². The van der Waals surface area contributed by atoms with Gasteiger partial charge in [0.15, 0.2) is 0 Å². The summed E-state index contributed by atoms with van der Waals surface area (Å²) in [5.41, 5.74) is 4.74. The van der Waals surface area contributed by atoms with Gasteiger partial charge in [0.25, 0.3) is 10.0 Å². The van der Waals surface area contributed by atoms with E-state index in [0.29, 0.717) is 17.9 Å². The molecule has 0 unspecified atom stereocenters. The first-order valence-electron chi connectivity index (χ1n) is 9.39. The van der Waals surface area contributed by atoms with Crippen LogP contribution in [0.5, 0.6) is 0 Å². The molecule has 8 heteroatoms. The number of hydrogen-bond acceptors (Lipinski definition) is 4. The second-order valence-corrected chi connectivity index (χ2v) is 8.75. The number of anilines is 2. The van der Waals surface area contributed by atoms with E-state index in [2.05, 4.69) is 20.3 Å². The topological polar surface area (TPSA) is 100 Å². The summed E-state index contributed by atoms with van der Waals surface area (Å²) in [6.45, 7) is 6.05. The Morgan fingerprint density at radius 1 is 1.00 bits per heavy atom. The number of amides is 2. The van der Waals surface area contributed by atoms with Gasteiger partial charge >= 0.3 is 6.03 Å². The minimum absolute atomic E-state index is 0.114. The lowest BCUT2D eigenvalue weighted by atomic mass is 10.1. The molecule has 0 atom stereocenters. The molecule has 0 fully saturated rings. The van der Waals surface area contributed by atoms with Gasteiger partial charge in [-0.05, 0) is 67.8 Å². The number of pyridine rings is 1. The van der Waals surface area contributed by atoms with Crippen molar-refractivity contribution in [2.45, 2.75) is 32.2 Å². The van der Waals surface area contributed by atoms with Crippen molar-refractivity contribution in [3.05, 3.63) is 83.2 Å². The Morgan fingerprint density at radius 3 is 2.27 bits per heavy atom. The number of nitrogens with zero attached hydrogens (tertiary/aromatic N) is 1. The maximum Gasteiger partial charge on any atom is 0.319 e. The monoisotopic (exact) mass is 424 g/mol. The number of benzene rings is 2. The Hall–Kier alpha value is -3.39. The van der Waals surface area contributed by atoms with Gasteiger partial charge in [-0.2, -0.15) is 0 Å². The zero-order valence-electron chi connectivity index (χ0n) is 17.1. The lowest BCUT2D eigenvalue weighted by Crippen LogP contribution is -2.28. The van der Waals surface area contributed by atoms with Gasteiger partial charge < -0.3 is 10.6 Å². The smallest absolute Gasteiger partial charge is 0.319 e. The molecular weight excluding hydrogens is 400 g/mol. The van der Waals surface area contributed by atoms with Crippen molar-refractivity contribution in [3.63, 3.8) is 0 Å². The average Bonchev–Trinajstić information content (AvgIpc) is 2.70. The maximum atomic E-state index is 12.8. The molecule has 2 aromatic carbocycles. The number of aromatic nitrogens is 1. The Balaban J connectivity index is 1.65. The highest BCUT2D eigenvalue weighted by atomic mass is 32.2. The van der Waals surface area contributed by atoms with E-state index in [1.807, 2.05) is 39.0 Å². The van der Waals surface area contributed by atoms with E-state index in [1.54, 1.807) is 30.6 Å². The van der Waals surface area contributed by atoms with Crippen LogP contribution in [0.3, 0.4) is 0 Å². The normalized spacial score (nSPS) is 11.0. The first kappa shape index (κ1) is 21.3. The minimum Gasteiger partial charge on any atom is -0.334 e. The summed E-state index contributed by atoms with van der Waals surface area (Å²) in [7, 11) is -3.75. The molecule has 0 spiro atoms. The van der Waals surface area contributed by atoms with Gasteiger partial charge in [-0.3, -0.25) is 9.71 Å². The number of urea groups is 1. The van der Waals surface area contributed by atoms with Gasteiger partial charge in [-0.15, -0.1) is 0 Å². The largest absolute Gasteiger partial charge is 0.334 e. The summed E-state index contributed by atoms with van der Waals surface area (Å²) in [6, 6.07) is 13.1. The van der Waals surface area contributed by atoms with Gasteiger partial charge in [0.2, 0.25) is 0 Å². The van der Waals surface area contributed by atoms with E-state index in [0.717, 1.165) is 22.3 Å². The molecule has 3 rings (SSSR count). The summed E-state index contributed by atoms with van der Waals surface area (Å²) in [5, 5.41) is 5.40. The molecular formula is C22H24N4O3S. The number of carbonyl (C=O) groups is 1. The number of sulfonamides is 1. The third kappa shape index (κ3) is 5.36. The fourth-order valence-corrected chi connectivity index (χ4v) is 4.31. The van der Waals surface area contributed by atoms with Gasteiger partial charge in [-0.25, -0.2) is 13.2 Å². The van der Waals surface area contributed by atoms with E-state index in [1.165, 1.54) is 12.1 Å². The van der Waals surface area contributed by atoms with Crippen LogP contribution in [0, 0.1) is 20.8 Å². The van der Waals surface area contributed by atoms with Gasteiger partial charge in [0, 0.05) is 24.6 Å². The standard InChI is InChI=1S/C22H24N4O3S/c1-15-11-16(2)21(17(3)12-15)26-30(28,29)20-8-6-19(7-9-20)25-22(27)24-14-18-5-4-10-23-13-18/h4-13,26H,14H2,1-3H3,(H2,24,25,27). The van der Waals surface area contributed by atoms with Crippen LogP contribution in [0.15, 0.2) is 65.8 Å². The lowest BCUT2D eigenvalue weighted by molar-refractivity contribution is 0.251. The number of carbonyl (C=O) groups excluding carboxylic acids is 1. The van der Waals surface area contributed by atoms with Crippen molar-refractivity contribution in [1.29, 1.82) is 0 Å². The van der Waals surface area contributed by atoms with Crippen molar-refractivity contribution in [2.75, 3.05) is 10.0 Å². The molecule has 1 heterocycles. The third-order valence-corrected chi connectivity index (χ3v) is 5.88. The van der Waals surface area contributed by atoms with Crippen LogP contribution in [0.4, 0.5) is 16.2 Å². The number of nitrogens with one attached hydrogen (secondary N) is 3. The molecule has 0 saturated carbocycles. The fourth-order valence-electron chi connectivity index (χ4n) is 3.11. The second-order valence-electron chi connectivity index (χ2n) is 7.07. The Kier molecular flexibility index (Phi) is 6.37. The predicted octanol–water partition coefficient (Wildman–Crippen LogP) is 4.13. The first-order valence-corrected chi connectivity index (χ1v) is 10.9. The van der Waals surface area contributed by atoms with Crippen LogP contribution in [0.25, 0.3) is 0 Å². The maximum absolute atomic E-state index is 12.8. The summed E-state index contributed by atoms with van der Waals surface area (Å²) in [4.78, 5) is 16.1. The van der Waals surface area contributed by atoms with Gasteiger partial charge in [-0.1, -0.05) is 23.8 Å². The molecule has 7 nitrogen and oxygen atoms in total. The van der Waals surface area contributed by atoms with Crippen molar-refractivity contribution in [1.82, 2.24) is 10.3 Å². The second kappa shape index (κ2) is 8.96. The summed E-state index contributed by atoms with van der Waals surface area (Å²) < 4.78 is 28.2. The molecule has 156 valence electrons. The van der Waals surface area contributed by atoms with Crippen LogP contribution < -0.4 is 15.4 Å². The van der Waals surface area contributed by atoms with E-state index >= 15 is 0 Å². The Labute approximate surface area is 176 Å². The quantitative estimate of drug-likeness (QED) is 0.554. The summed E-state index contributed by atoms with van der Waals surface area (Å²) in [6.07, 6.45) is 3.33. The molecule has 0 bridgehead atoms. The molecule has 0 aliphatic heterocycles. The van der Waals surface area contributed by atoms with Crippen molar-refractivity contribution in [2.24, 2.45) is 0 Å². The first-order chi connectivity index (χ1) is 14.2. The zero-order chi connectivity index (χ0) is 21.7. The molecule has 0 aliphatic rings. The highest BCUT2D eigenvalue weighted by molar-refractivity contribution is 7.92. The van der Waals surface area contributed by atoms with Crippen molar-refractivity contribution >= 4 is 27.4 Å². The highest BCUT2D eigenvalue weighted by Crippen LogP contribution is 2.25. The predicted molar refractivity (Wildman–Crippen MR) is 118 cm³/mol. The zero-order valence-corrected chi connectivity index (χ0v) is 17.9. The van der Waals surface area contributed by atoms with E-state index < -0.39 is 16.1 Å². The molecule has 1 aromatic heterocycles. The molecule has 30 heavy (non-hydrogen) atoms. The molecule has 0 radical (unpaired) electrons. The summed E-state index contributed by atoms with van der Waals surface area (Å²) >= 11 is 0. The molecule has 3 aromatic rings.